The Bertz CT molecular complexity index is 1070. The van der Waals surface area contributed by atoms with E-state index in [9.17, 15) is 9.59 Å². The SMILES string of the molecule is O=C(c1ccccc1)c1nc2c(C(=O)c3ccccc3)cccc2[nH]1. The molecule has 1 aromatic heterocycles. The van der Waals surface area contributed by atoms with Crippen LogP contribution < -0.4 is 0 Å². The zero-order valence-electron chi connectivity index (χ0n) is 13.3. The first-order valence-electron chi connectivity index (χ1n) is 7.92. The molecule has 0 amide bonds. The Morgan fingerprint density at radius 1 is 0.680 bits per heavy atom. The summed E-state index contributed by atoms with van der Waals surface area (Å²) in [6.45, 7) is 0. The van der Waals surface area contributed by atoms with Crippen LogP contribution in [0.15, 0.2) is 78.9 Å². The Morgan fingerprint density at radius 3 is 1.92 bits per heavy atom. The van der Waals surface area contributed by atoms with Gasteiger partial charge in [0.15, 0.2) is 11.6 Å². The number of H-pyrrole nitrogens is 1. The zero-order valence-corrected chi connectivity index (χ0v) is 13.3. The summed E-state index contributed by atoms with van der Waals surface area (Å²) in [5, 5.41) is 0. The molecule has 0 saturated heterocycles. The van der Waals surface area contributed by atoms with Gasteiger partial charge in [-0.2, -0.15) is 0 Å². The molecule has 0 saturated carbocycles. The first-order chi connectivity index (χ1) is 12.2. The highest BCUT2D eigenvalue weighted by molar-refractivity contribution is 6.16. The van der Waals surface area contributed by atoms with Crippen molar-refractivity contribution in [2.24, 2.45) is 0 Å². The van der Waals surface area contributed by atoms with E-state index in [1.807, 2.05) is 30.3 Å². The minimum Gasteiger partial charge on any atom is -0.335 e. The van der Waals surface area contributed by atoms with Crippen LogP contribution in [0.2, 0.25) is 0 Å². The predicted octanol–water partition coefficient (Wildman–Crippen LogP) is 4.02. The average molecular weight is 326 g/mol. The van der Waals surface area contributed by atoms with E-state index in [1.54, 1.807) is 48.5 Å². The van der Waals surface area contributed by atoms with Gasteiger partial charge >= 0.3 is 0 Å². The topological polar surface area (TPSA) is 62.8 Å². The number of hydrogen-bond acceptors (Lipinski definition) is 3. The van der Waals surface area contributed by atoms with E-state index >= 15 is 0 Å². The molecule has 0 spiro atoms. The number of hydrogen-bond donors (Lipinski definition) is 1. The van der Waals surface area contributed by atoms with E-state index < -0.39 is 0 Å². The third kappa shape index (κ3) is 2.74. The molecule has 0 aliphatic carbocycles. The number of rotatable bonds is 4. The van der Waals surface area contributed by atoms with Gasteiger partial charge in [0, 0.05) is 11.1 Å². The minimum absolute atomic E-state index is 0.114. The number of carbonyl (C=O) groups is 2. The molecule has 4 aromatic rings. The second-order valence-electron chi connectivity index (χ2n) is 5.68. The third-order valence-corrected chi connectivity index (χ3v) is 4.04. The van der Waals surface area contributed by atoms with Crippen molar-refractivity contribution in [1.29, 1.82) is 0 Å². The summed E-state index contributed by atoms with van der Waals surface area (Å²) in [6.07, 6.45) is 0. The number of carbonyl (C=O) groups excluding carboxylic acids is 2. The van der Waals surface area contributed by atoms with Crippen LogP contribution >= 0.6 is 0 Å². The molecule has 4 heteroatoms. The number of para-hydroxylation sites is 1. The van der Waals surface area contributed by atoms with Gasteiger partial charge in [-0.05, 0) is 12.1 Å². The molecule has 0 aliphatic rings. The second kappa shape index (κ2) is 6.17. The lowest BCUT2D eigenvalue weighted by atomic mass is 10.0. The zero-order chi connectivity index (χ0) is 17.2. The minimum atomic E-state index is -0.199. The molecular formula is C21H14N2O2. The fraction of sp³-hybridized carbons (Fsp3) is 0. The first-order valence-corrected chi connectivity index (χ1v) is 7.92. The number of nitrogens with one attached hydrogen (secondary N) is 1. The first kappa shape index (κ1) is 15.0. The second-order valence-corrected chi connectivity index (χ2v) is 5.68. The molecule has 0 unspecified atom stereocenters. The number of aromatic amines is 1. The molecule has 4 rings (SSSR count). The summed E-state index contributed by atoms with van der Waals surface area (Å²) in [7, 11) is 0. The molecule has 0 bridgehead atoms. The third-order valence-electron chi connectivity index (χ3n) is 4.04. The lowest BCUT2D eigenvalue weighted by Gasteiger charge is -2.01. The molecule has 1 heterocycles. The summed E-state index contributed by atoms with van der Waals surface area (Å²) in [6, 6.07) is 23.3. The highest BCUT2D eigenvalue weighted by Crippen LogP contribution is 2.21. The van der Waals surface area contributed by atoms with Gasteiger partial charge in [0.2, 0.25) is 5.78 Å². The fourth-order valence-electron chi connectivity index (χ4n) is 2.79. The van der Waals surface area contributed by atoms with Crippen molar-refractivity contribution in [3.63, 3.8) is 0 Å². The van der Waals surface area contributed by atoms with E-state index in [2.05, 4.69) is 9.97 Å². The Balaban J connectivity index is 1.80. The van der Waals surface area contributed by atoms with Gasteiger partial charge < -0.3 is 4.98 Å². The van der Waals surface area contributed by atoms with E-state index in [1.165, 1.54) is 0 Å². The summed E-state index contributed by atoms with van der Waals surface area (Å²) in [4.78, 5) is 32.8. The highest BCUT2D eigenvalue weighted by atomic mass is 16.1. The van der Waals surface area contributed by atoms with Crippen LogP contribution in [0, 0.1) is 0 Å². The Morgan fingerprint density at radius 2 is 1.28 bits per heavy atom. The highest BCUT2D eigenvalue weighted by Gasteiger charge is 2.18. The molecule has 0 fully saturated rings. The predicted molar refractivity (Wildman–Crippen MR) is 95.8 cm³/mol. The molecule has 0 atom stereocenters. The van der Waals surface area contributed by atoms with Crippen molar-refractivity contribution in [2.75, 3.05) is 0 Å². The number of ketones is 2. The number of benzene rings is 3. The van der Waals surface area contributed by atoms with Crippen LogP contribution in [-0.2, 0) is 0 Å². The maximum atomic E-state index is 12.8. The van der Waals surface area contributed by atoms with Crippen molar-refractivity contribution >= 4 is 22.6 Å². The quantitative estimate of drug-likeness (QED) is 0.576. The van der Waals surface area contributed by atoms with Gasteiger partial charge in [0.1, 0.15) is 5.52 Å². The Labute approximate surface area is 144 Å². The number of imidazole rings is 1. The van der Waals surface area contributed by atoms with Crippen LogP contribution in [0.1, 0.15) is 32.1 Å². The normalized spacial score (nSPS) is 10.7. The van der Waals surface area contributed by atoms with Crippen LogP contribution in [-0.4, -0.2) is 21.5 Å². The number of fused-ring (bicyclic) bond motifs is 1. The number of aromatic nitrogens is 2. The lowest BCUT2D eigenvalue weighted by molar-refractivity contribution is 0.102. The van der Waals surface area contributed by atoms with Gasteiger partial charge in [-0.1, -0.05) is 66.7 Å². The van der Waals surface area contributed by atoms with Crippen LogP contribution in [0.3, 0.4) is 0 Å². The van der Waals surface area contributed by atoms with Crippen molar-refractivity contribution in [2.45, 2.75) is 0 Å². The van der Waals surface area contributed by atoms with Crippen molar-refractivity contribution < 1.29 is 9.59 Å². The van der Waals surface area contributed by atoms with E-state index in [-0.39, 0.29) is 17.4 Å². The van der Waals surface area contributed by atoms with Crippen molar-refractivity contribution in [1.82, 2.24) is 9.97 Å². The van der Waals surface area contributed by atoms with E-state index in [0.29, 0.717) is 27.7 Å². The lowest BCUT2D eigenvalue weighted by Crippen LogP contribution is -2.04. The summed E-state index contributed by atoms with van der Waals surface area (Å²) in [5.74, 6) is -0.0826. The van der Waals surface area contributed by atoms with E-state index in [0.717, 1.165) is 0 Å². The summed E-state index contributed by atoms with van der Waals surface area (Å²) in [5.41, 5.74) is 2.80. The molecule has 120 valence electrons. The van der Waals surface area contributed by atoms with Gasteiger partial charge in [-0.3, -0.25) is 9.59 Å². The summed E-state index contributed by atoms with van der Waals surface area (Å²) < 4.78 is 0. The smallest absolute Gasteiger partial charge is 0.228 e. The standard InChI is InChI=1S/C21H14N2O2/c24-19(14-8-3-1-4-9-14)16-12-7-13-17-18(16)23-21(22-17)20(25)15-10-5-2-6-11-15/h1-13H,(H,22,23). The van der Waals surface area contributed by atoms with Gasteiger partial charge in [0.25, 0.3) is 0 Å². The van der Waals surface area contributed by atoms with Crippen molar-refractivity contribution in [3.8, 4) is 0 Å². The molecule has 4 nitrogen and oxygen atoms in total. The van der Waals surface area contributed by atoms with Gasteiger partial charge in [-0.25, -0.2) is 4.98 Å². The van der Waals surface area contributed by atoms with Crippen LogP contribution in [0.5, 0.6) is 0 Å². The molecule has 25 heavy (non-hydrogen) atoms. The Hall–Kier alpha value is -3.53. The van der Waals surface area contributed by atoms with Gasteiger partial charge in [0.05, 0.1) is 11.1 Å². The molecule has 0 radical (unpaired) electrons. The average Bonchev–Trinajstić information content (AvgIpc) is 3.12. The van der Waals surface area contributed by atoms with Crippen LogP contribution in [0.4, 0.5) is 0 Å². The maximum Gasteiger partial charge on any atom is 0.228 e. The molecule has 3 aromatic carbocycles. The molecule has 0 aliphatic heterocycles. The molecular weight excluding hydrogens is 312 g/mol. The largest absolute Gasteiger partial charge is 0.335 e. The maximum absolute atomic E-state index is 12.8. The summed E-state index contributed by atoms with van der Waals surface area (Å²) >= 11 is 0. The monoisotopic (exact) mass is 326 g/mol. The number of nitrogens with zero attached hydrogens (tertiary/aromatic N) is 1. The van der Waals surface area contributed by atoms with Gasteiger partial charge in [-0.15, -0.1) is 0 Å². The van der Waals surface area contributed by atoms with Crippen LogP contribution in [0.25, 0.3) is 11.0 Å². The van der Waals surface area contributed by atoms with Crippen molar-refractivity contribution in [3.05, 3.63) is 101 Å². The molecule has 1 N–H and O–H groups in total. The fourth-order valence-corrected chi connectivity index (χ4v) is 2.79. The van der Waals surface area contributed by atoms with E-state index in [4.69, 9.17) is 0 Å². The Kier molecular flexibility index (Phi) is 3.71.